The van der Waals surface area contributed by atoms with Crippen LogP contribution in [0.3, 0.4) is 0 Å². The van der Waals surface area contributed by atoms with Crippen LogP contribution in [0.4, 0.5) is 5.69 Å². The highest BCUT2D eigenvalue weighted by molar-refractivity contribution is 6.60. The van der Waals surface area contributed by atoms with Gasteiger partial charge in [-0.15, -0.1) is 0 Å². The van der Waals surface area contributed by atoms with Crippen molar-refractivity contribution in [2.75, 3.05) is 0 Å². The number of hydrogen-bond acceptors (Lipinski definition) is 3. The molecule has 0 saturated carbocycles. The predicted molar refractivity (Wildman–Crippen MR) is 74.7 cm³/mol. The Morgan fingerprint density at radius 1 is 1.00 bits per heavy atom. The monoisotopic (exact) mass is 239 g/mol. The Kier molecular flexibility index (Phi) is 3.92. The molecule has 0 amide bonds. The van der Waals surface area contributed by atoms with Gasteiger partial charge in [-0.2, -0.15) is 0 Å². The third-order valence-electron chi connectivity index (χ3n) is 2.73. The van der Waals surface area contributed by atoms with Crippen molar-refractivity contribution in [3.63, 3.8) is 0 Å². The second-order valence-electron chi connectivity index (χ2n) is 4.05. The lowest BCUT2D eigenvalue weighted by molar-refractivity contribution is 0.425. The third kappa shape index (κ3) is 2.86. The molecule has 0 aliphatic heterocycles. The first-order valence-electron chi connectivity index (χ1n) is 5.73. The van der Waals surface area contributed by atoms with Crippen LogP contribution in [0.2, 0.25) is 0 Å². The number of aliphatic imine (C=N–C) groups is 1. The fourth-order valence-corrected chi connectivity index (χ4v) is 1.71. The molecule has 2 N–H and O–H groups in total. The van der Waals surface area contributed by atoms with Gasteiger partial charge in [-0.1, -0.05) is 42.5 Å². The molecule has 2 aromatic carbocycles. The Bertz CT molecular complexity index is 567. The molecule has 90 valence electrons. The number of rotatable bonds is 3. The molecular weight excluding hydrogens is 225 g/mol. The standard InChI is InChI=1S/C14H14BNO2/c1-11-6-2-5-9-14(11)16-10-12-7-3-4-8-13(12)15(17)18/h2-10,17-18H,1H3. The van der Waals surface area contributed by atoms with Crippen LogP contribution in [-0.4, -0.2) is 23.4 Å². The van der Waals surface area contributed by atoms with E-state index in [2.05, 4.69) is 4.99 Å². The Morgan fingerprint density at radius 2 is 1.67 bits per heavy atom. The summed E-state index contributed by atoms with van der Waals surface area (Å²) in [7, 11) is -1.48. The summed E-state index contributed by atoms with van der Waals surface area (Å²) in [6.07, 6.45) is 1.65. The number of aryl methyl sites for hydroxylation is 1. The highest BCUT2D eigenvalue weighted by Gasteiger charge is 2.13. The molecule has 3 nitrogen and oxygen atoms in total. The van der Waals surface area contributed by atoms with Crippen molar-refractivity contribution in [2.45, 2.75) is 6.92 Å². The van der Waals surface area contributed by atoms with Gasteiger partial charge in [0.1, 0.15) is 0 Å². The average molecular weight is 239 g/mol. The van der Waals surface area contributed by atoms with Gasteiger partial charge in [0.15, 0.2) is 0 Å². The zero-order valence-corrected chi connectivity index (χ0v) is 10.1. The number of hydrogen-bond donors (Lipinski definition) is 2. The largest absolute Gasteiger partial charge is 0.489 e. The molecule has 0 fully saturated rings. The minimum Gasteiger partial charge on any atom is -0.423 e. The summed E-state index contributed by atoms with van der Waals surface area (Å²) in [6.45, 7) is 1.99. The minimum absolute atomic E-state index is 0.454. The molecule has 0 atom stereocenters. The Morgan fingerprint density at radius 3 is 2.39 bits per heavy atom. The van der Waals surface area contributed by atoms with Gasteiger partial charge in [0.25, 0.3) is 0 Å². The van der Waals surface area contributed by atoms with E-state index in [1.807, 2.05) is 37.3 Å². The molecule has 18 heavy (non-hydrogen) atoms. The van der Waals surface area contributed by atoms with Crippen molar-refractivity contribution in [3.05, 3.63) is 59.7 Å². The second-order valence-corrected chi connectivity index (χ2v) is 4.05. The van der Waals surface area contributed by atoms with Crippen LogP contribution in [0, 0.1) is 6.92 Å². The zero-order chi connectivity index (χ0) is 13.0. The van der Waals surface area contributed by atoms with Crippen LogP contribution in [0.5, 0.6) is 0 Å². The van der Waals surface area contributed by atoms with Gasteiger partial charge in [-0.3, -0.25) is 4.99 Å². The van der Waals surface area contributed by atoms with Gasteiger partial charge >= 0.3 is 7.12 Å². The molecule has 2 aromatic rings. The molecule has 0 spiro atoms. The summed E-state index contributed by atoms with van der Waals surface area (Å²) >= 11 is 0. The van der Waals surface area contributed by atoms with Crippen molar-refractivity contribution >= 4 is 24.5 Å². The lowest BCUT2D eigenvalue weighted by Gasteiger charge is -2.04. The third-order valence-corrected chi connectivity index (χ3v) is 2.73. The fourth-order valence-electron chi connectivity index (χ4n) is 1.71. The smallest absolute Gasteiger partial charge is 0.423 e. The first-order valence-corrected chi connectivity index (χ1v) is 5.73. The number of para-hydroxylation sites is 1. The van der Waals surface area contributed by atoms with Crippen LogP contribution < -0.4 is 5.46 Å². The van der Waals surface area contributed by atoms with Gasteiger partial charge in [-0.05, 0) is 29.6 Å². The number of nitrogens with zero attached hydrogens (tertiary/aromatic N) is 1. The molecule has 0 bridgehead atoms. The lowest BCUT2D eigenvalue weighted by Crippen LogP contribution is -2.32. The van der Waals surface area contributed by atoms with Gasteiger partial charge in [0.05, 0.1) is 5.69 Å². The molecule has 0 saturated heterocycles. The van der Waals surface area contributed by atoms with Crippen LogP contribution in [0.15, 0.2) is 53.5 Å². The Labute approximate surface area is 107 Å². The first-order chi connectivity index (χ1) is 8.68. The van der Waals surface area contributed by atoms with Crippen LogP contribution in [0.1, 0.15) is 11.1 Å². The highest BCUT2D eigenvalue weighted by Crippen LogP contribution is 2.16. The fraction of sp³-hybridized carbons (Fsp3) is 0.0714. The van der Waals surface area contributed by atoms with E-state index in [-0.39, 0.29) is 0 Å². The van der Waals surface area contributed by atoms with Crippen molar-refractivity contribution in [3.8, 4) is 0 Å². The molecule has 2 rings (SSSR count). The molecule has 0 unspecified atom stereocenters. The maximum Gasteiger partial charge on any atom is 0.489 e. The van der Waals surface area contributed by atoms with Crippen LogP contribution in [0.25, 0.3) is 0 Å². The SMILES string of the molecule is Cc1ccccc1N=Cc1ccccc1B(O)O. The van der Waals surface area contributed by atoms with E-state index >= 15 is 0 Å². The molecule has 0 aliphatic rings. The number of benzene rings is 2. The zero-order valence-electron chi connectivity index (χ0n) is 10.1. The maximum atomic E-state index is 9.25. The van der Waals surface area contributed by atoms with E-state index in [0.29, 0.717) is 11.0 Å². The van der Waals surface area contributed by atoms with E-state index < -0.39 is 7.12 Å². The summed E-state index contributed by atoms with van der Waals surface area (Å²) in [6, 6.07) is 14.9. The van der Waals surface area contributed by atoms with E-state index in [9.17, 15) is 10.0 Å². The topological polar surface area (TPSA) is 52.8 Å². The maximum absolute atomic E-state index is 9.25. The lowest BCUT2D eigenvalue weighted by atomic mass is 9.77. The highest BCUT2D eigenvalue weighted by atomic mass is 16.4. The van der Waals surface area contributed by atoms with E-state index in [1.54, 1.807) is 24.4 Å². The summed E-state index contributed by atoms with van der Waals surface area (Å²) in [5, 5.41) is 18.5. The molecule has 0 heterocycles. The molecular formula is C14H14BNO2. The molecule has 4 heteroatoms. The molecule has 0 aromatic heterocycles. The van der Waals surface area contributed by atoms with Gasteiger partial charge in [-0.25, -0.2) is 0 Å². The van der Waals surface area contributed by atoms with E-state index in [4.69, 9.17) is 0 Å². The normalized spacial score (nSPS) is 10.8. The first kappa shape index (κ1) is 12.5. The quantitative estimate of drug-likeness (QED) is 0.628. The average Bonchev–Trinajstić information content (AvgIpc) is 2.38. The van der Waals surface area contributed by atoms with Crippen molar-refractivity contribution < 1.29 is 10.0 Å². The summed E-state index contributed by atoms with van der Waals surface area (Å²) in [5.74, 6) is 0. The van der Waals surface area contributed by atoms with Gasteiger partial charge < -0.3 is 10.0 Å². The van der Waals surface area contributed by atoms with Crippen LogP contribution >= 0.6 is 0 Å². The summed E-state index contributed by atoms with van der Waals surface area (Å²) in [4.78, 5) is 4.37. The van der Waals surface area contributed by atoms with Crippen LogP contribution in [-0.2, 0) is 0 Å². The second kappa shape index (κ2) is 5.62. The Hall–Kier alpha value is -1.91. The Balaban J connectivity index is 2.32. The minimum atomic E-state index is -1.48. The molecule has 0 aliphatic carbocycles. The van der Waals surface area contributed by atoms with Gasteiger partial charge in [0, 0.05) is 6.21 Å². The van der Waals surface area contributed by atoms with Crippen molar-refractivity contribution in [1.29, 1.82) is 0 Å². The summed E-state index contributed by atoms with van der Waals surface area (Å²) < 4.78 is 0. The van der Waals surface area contributed by atoms with E-state index in [1.165, 1.54) is 0 Å². The predicted octanol–water partition coefficient (Wildman–Crippen LogP) is 1.43. The molecule has 0 radical (unpaired) electrons. The van der Waals surface area contributed by atoms with Crippen molar-refractivity contribution in [2.24, 2.45) is 4.99 Å². The van der Waals surface area contributed by atoms with E-state index in [0.717, 1.165) is 11.3 Å². The van der Waals surface area contributed by atoms with Crippen molar-refractivity contribution in [1.82, 2.24) is 0 Å². The summed E-state index contributed by atoms with van der Waals surface area (Å²) in [5.41, 5.74) is 3.11. The van der Waals surface area contributed by atoms with Gasteiger partial charge in [0.2, 0.25) is 0 Å².